The van der Waals surface area contributed by atoms with Crippen LogP contribution in [0.4, 0.5) is 5.69 Å². The van der Waals surface area contributed by atoms with Crippen LogP contribution in [0.3, 0.4) is 0 Å². The van der Waals surface area contributed by atoms with Gasteiger partial charge in [-0.1, -0.05) is 15.9 Å². The van der Waals surface area contributed by atoms with Gasteiger partial charge in [-0.05, 0) is 19.9 Å². The van der Waals surface area contributed by atoms with E-state index >= 15 is 0 Å². The summed E-state index contributed by atoms with van der Waals surface area (Å²) in [5.74, 6) is 0.220. The molecular weight excluding hydrogens is 276 g/mol. The predicted octanol–water partition coefficient (Wildman–Crippen LogP) is 2.47. The van der Waals surface area contributed by atoms with E-state index in [0.29, 0.717) is 0 Å². The topological polar surface area (TPSA) is 78.4 Å². The Balaban J connectivity index is 2.93. The van der Waals surface area contributed by atoms with Gasteiger partial charge in [0.15, 0.2) is 5.75 Å². The first kappa shape index (κ1) is 12.9. The summed E-state index contributed by atoms with van der Waals surface area (Å²) < 4.78 is 6.07. The average molecular weight is 289 g/mol. The number of hydrogen-bond acceptors (Lipinski definition) is 4. The van der Waals surface area contributed by atoms with Crippen LogP contribution in [0.15, 0.2) is 22.7 Å². The molecule has 0 aliphatic heterocycles. The quantitative estimate of drug-likeness (QED) is 0.682. The second kappa shape index (κ2) is 4.80. The third-order valence-corrected chi connectivity index (χ3v) is 2.21. The van der Waals surface area contributed by atoms with Crippen molar-refractivity contribution in [2.75, 3.05) is 6.61 Å². The number of ether oxygens (including phenoxy) is 1. The number of benzene rings is 1. The van der Waals surface area contributed by atoms with E-state index in [-0.39, 0.29) is 18.0 Å². The van der Waals surface area contributed by atoms with Crippen LogP contribution in [-0.2, 0) is 0 Å². The van der Waals surface area contributed by atoms with Crippen LogP contribution in [0.25, 0.3) is 0 Å². The van der Waals surface area contributed by atoms with Crippen LogP contribution in [0.5, 0.6) is 5.75 Å². The van der Waals surface area contributed by atoms with Crippen LogP contribution in [0, 0.1) is 10.1 Å². The zero-order valence-electron chi connectivity index (χ0n) is 9.07. The van der Waals surface area contributed by atoms with E-state index in [9.17, 15) is 10.1 Å². The van der Waals surface area contributed by atoms with Gasteiger partial charge in [-0.15, -0.1) is 0 Å². The fraction of sp³-hybridized carbons (Fsp3) is 0.400. The van der Waals surface area contributed by atoms with Gasteiger partial charge in [0.1, 0.15) is 6.61 Å². The zero-order valence-corrected chi connectivity index (χ0v) is 10.7. The number of nitrogens with two attached hydrogens (primary N) is 1. The maximum Gasteiger partial charge on any atom is 0.310 e. The lowest BCUT2D eigenvalue weighted by atomic mass is 10.1. The SMILES string of the molecule is CC(C)(N)COc1cc(Br)ccc1[N+](=O)[O-]. The maximum atomic E-state index is 10.7. The van der Waals surface area contributed by atoms with Crippen molar-refractivity contribution < 1.29 is 9.66 Å². The van der Waals surface area contributed by atoms with Gasteiger partial charge >= 0.3 is 5.69 Å². The molecule has 0 amide bonds. The van der Waals surface area contributed by atoms with Crippen molar-refractivity contribution in [3.8, 4) is 5.75 Å². The van der Waals surface area contributed by atoms with E-state index in [1.54, 1.807) is 26.0 Å². The lowest BCUT2D eigenvalue weighted by Gasteiger charge is -2.18. The Morgan fingerprint density at radius 2 is 2.19 bits per heavy atom. The smallest absolute Gasteiger partial charge is 0.310 e. The van der Waals surface area contributed by atoms with Gasteiger partial charge in [-0.2, -0.15) is 0 Å². The molecule has 0 spiro atoms. The van der Waals surface area contributed by atoms with E-state index in [1.165, 1.54) is 6.07 Å². The highest BCUT2D eigenvalue weighted by Crippen LogP contribution is 2.30. The van der Waals surface area contributed by atoms with Gasteiger partial charge in [-0.3, -0.25) is 10.1 Å². The molecular formula is C10H13BrN2O3. The average Bonchev–Trinajstić information content (AvgIpc) is 2.13. The summed E-state index contributed by atoms with van der Waals surface area (Å²) in [5.41, 5.74) is 5.15. The highest BCUT2D eigenvalue weighted by Gasteiger charge is 2.18. The van der Waals surface area contributed by atoms with Crippen molar-refractivity contribution >= 4 is 21.6 Å². The molecule has 1 aromatic rings. The van der Waals surface area contributed by atoms with E-state index in [1.807, 2.05) is 0 Å². The predicted molar refractivity (Wildman–Crippen MR) is 64.6 cm³/mol. The van der Waals surface area contributed by atoms with Crippen molar-refractivity contribution in [3.05, 3.63) is 32.8 Å². The number of nitro benzene ring substituents is 1. The van der Waals surface area contributed by atoms with Crippen LogP contribution in [-0.4, -0.2) is 17.1 Å². The Morgan fingerprint density at radius 1 is 1.56 bits per heavy atom. The van der Waals surface area contributed by atoms with E-state index < -0.39 is 10.5 Å². The first-order chi connectivity index (χ1) is 7.29. The van der Waals surface area contributed by atoms with Gasteiger partial charge in [0.2, 0.25) is 0 Å². The molecule has 16 heavy (non-hydrogen) atoms. The summed E-state index contributed by atoms with van der Waals surface area (Å²) in [5, 5.41) is 10.7. The number of rotatable bonds is 4. The minimum Gasteiger partial charge on any atom is -0.485 e. The fourth-order valence-electron chi connectivity index (χ4n) is 1.02. The summed E-state index contributed by atoms with van der Waals surface area (Å²) in [4.78, 5) is 10.3. The minimum absolute atomic E-state index is 0.0625. The van der Waals surface area contributed by atoms with E-state index in [4.69, 9.17) is 10.5 Å². The Hall–Kier alpha value is -1.14. The Bertz CT molecular complexity index is 402. The second-order valence-corrected chi connectivity index (χ2v) is 5.06. The van der Waals surface area contributed by atoms with Gasteiger partial charge in [0.25, 0.3) is 0 Å². The summed E-state index contributed by atoms with van der Waals surface area (Å²) >= 11 is 3.23. The van der Waals surface area contributed by atoms with Crippen molar-refractivity contribution in [3.63, 3.8) is 0 Å². The first-order valence-corrected chi connectivity index (χ1v) is 5.44. The van der Waals surface area contributed by atoms with Gasteiger partial charge in [0.05, 0.1) is 4.92 Å². The third kappa shape index (κ3) is 3.79. The molecule has 0 aromatic heterocycles. The standard InChI is InChI=1S/C10H13BrN2O3/c1-10(2,12)6-16-9-5-7(11)3-4-8(9)13(14)15/h3-5H,6,12H2,1-2H3. The van der Waals surface area contributed by atoms with Gasteiger partial charge in [0, 0.05) is 22.1 Å². The fourth-order valence-corrected chi connectivity index (χ4v) is 1.36. The lowest BCUT2D eigenvalue weighted by molar-refractivity contribution is -0.385. The molecule has 1 rings (SSSR count). The molecule has 0 saturated heterocycles. The highest BCUT2D eigenvalue weighted by atomic mass is 79.9. The Labute approximate surface area is 102 Å². The molecule has 0 saturated carbocycles. The number of hydrogen-bond donors (Lipinski definition) is 1. The molecule has 0 unspecified atom stereocenters. The van der Waals surface area contributed by atoms with Crippen molar-refractivity contribution in [2.24, 2.45) is 5.73 Å². The summed E-state index contributed by atoms with van der Waals surface area (Å²) in [7, 11) is 0. The zero-order chi connectivity index (χ0) is 12.3. The van der Waals surface area contributed by atoms with Crippen LogP contribution in [0.2, 0.25) is 0 Å². The molecule has 88 valence electrons. The first-order valence-electron chi connectivity index (χ1n) is 4.65. The molecule has 0 aliphatic rings. The summed E-state index contributed by atoms with van der Waals surface area (Å²) in [6, 6.07) is 4.55. The molecule has 0 aliphatic carbocycles. The number of nitro groups is 1. The van der Waals surface area contributed by atoms with E-state index in [2.05, 4.69) is 15.9 Å². The van der Waals surface area contributed by atoms with Gasteiger partial charge in [-0.25, -0.2) is 0 Å². The molecule has 0 radical (unpaired) electrons. The highest BCUT2D eigenvalue weighted by molar-refractivity contribution is 9.10. The minimum atomic E-state index is -0.532. The normalized spacial score (nSPS) is 11.2. The van der Waals surface area contributed by atoms with Crippen molar-refractivity contribution in [1.29, 1.82) is 0 Å². The molecule has 1 aromatic carbocycles. The molecule has 6 heteroatoms. The maximum absolute atomic E-state index is 10.7. The van der Waals surface area contributed by atoms with Crippen molar-refractivity contribution in [2.45, 2.75) is 19.4 Å². The third-order valence-electron chi connectivity index (χ3n) is 1.72. The Kier molecular flexibility index (Phi) is 3.88. The van der Waals surface area contributed by atoms with Gasteiger partial charge < -0.3 is 10.5 Å². The van der Waals surface area contributed by atoms with Crippen molar-refractivity contribution in [1.82, 2.24) is 0 Å². The second-order valence-electron chi connectivity index (χ2n) is 4.15. The summed E-state index contributed by atoms with van der Waals surface area (Å²) in [6.07, 6.45) is 0. The summed E-state index contributed by atoms with van der Waals surface area (Å²) in [6.45, 7) is 3.79. The molecule has 5 nitrogen and oxygen atoms in total. The number of nitrogens with zero attached hydrogens (tertiary/aromatic N) is 1. The van der Waals surface area contributed by atoms with E-state index in [0.717, 1.165) is 4.47 Å². The van der Waals surface area contributed by atoms with Crippen LogP contribution < -0.4 is 10.5 Å². The monoisotopic (exact) mass is 288 g/mol. The molecule has 0 heterocycles. The largest absolute Gasteiger partial charge is 0.485 e. The lowest BCUT2D eigenvalue weighted by Crippen LogP contribution is -2.38. The van der Waals surface area contributed by atoms with Crippen LogP contribution in [0.1, 0.15) is 13.8 Å². The molecule has 0 fully saturated rings. The molecule has 2 N–H and O–H groups in total. The Morgan fingerprint density at radius 3 is 2.69 bits per heavy atom. The number of halogens is 1. The van der Waals surface area contributed by atoms with Crippen LogP contribution >= 0.6 is 15.9 Å². The molecule has 0 atom stereocenters. The molecule has 0 bridgehead atoms.